The lowest BCUT2D eigenvalue weighted by Gasteiger charge is -2.12. The summed E-state index contributed by atoms with van der Waals surface area (Å²) in [5, 5.41) is 3.39. The van der Waals surface area contributed by atoms with Gasteiger partial charge in [-0.15, -0.1) is 0 Å². The van der Waals surface area contributed by atoms with E-state index >= 15 is 0 Å². The highest BCUT2D eigenvalue weighted by Crippen LogP contribution is 2.23. The lowest BCUT2D eigenvalue weighted by molar-refractivity contribution is 0.899. The Labute approximate surface area is 102 Å². The van der Waals surface area contributed by atoms with Gasteiger partial charge in [0, 0.05) is 11.7 Å². The van der Waals surface area contributed by atoms with Crippen LogP contribution in [0.4, 0.5) is 5.69 Å². The second-order valence-electron chi connectivity index (χ2n) is 3.32. The molecule has 0 saturated heterocycles. The topological polar surface area (TPSA) is 12.0 Å². The minimum atomic E-state index is 0.443. The van der Waals surface area contributed by atoms with Crippen molar-refractivity contribution in [2.45, 2.75) is 19.9 Å². The fraction of sp³-hybridized carbons (Fsp3) is 0.273. The van der Waals surface area contributed by atoms with Gasteiger partial charge in [-0.25, -0.2) is 0 Å². The third-order valence-corrected chi connectivity index (χ3v) is 2.13. The van der Waals surface area contributed by atoms with E-state index in [1.54, 1.807) is 0 Å². The SMILES string of the molecule is CC(C)Nc1ccccc1C=C(Br)Br. The Morgan fingerprint density at radius 1 is 1.29 bits per heavy atom. The zero-order valence-corrected chi connectivity index (χ0v) is 11.4. The average Bonchev–Trinajstić information content (AvgIpc) is 2.06. The number of hydrogen-bond donors (Lipinski definition) is 1. The lowest BCUT2D eigenvalue weighted by Crippen LogP contribution is -2.10. The van der Waals surface area contributed by atoms with Crippen LogP contribution in [0.2, 0.25) is 0 Å². The monoisotopic (exact) mass is 317 g/mol. The minimum absolute atomic E-state index is 0.443. The molecule has 0 radical (unpaired) electrons. The van der Waals surface area contributed by atoms with Crippen molar-refractivity contribution >= 4 is 43.6 Å². The molecule has 1 N–H and O–H groups in total. The molecule has 0 spiro atoms. The Morgan fingerprint density at radius 2 is 1.93 bits per heavy atom. The number of benzene rings is 1. The van der Waals surface area contributed by atoms with Crippen LogP contribution in [0.15, 0.2) is 27.7 Å². The fourth-order valence-corrected chi connectivity index (χ4v) is 1.68. The lowest BCUT2D eigenvalue weighted by atomic mass is 10.1. The van der Waals surface area contributed by atoms with E-state index in [0.717, 1.165) is 9.08 Å². The van der Waals surface area contributed by atoms with Gasteiger partial charge in [-0.2, -0.15) is 0 Å². The number of halogens is 2. The Kier molecular flexibility index (Phi) is 4.69. The molecule has 76 valence electrons. The number of nitrogens with one attached hydrogen (secondary N) is 1. The molecule has 0 saturated carbocycles. The molecule has 14 heavy (non-hydrogen) atoms. The van der Waals surface area contributed by atoms with E-state index in [9.17, 15) is 0 Å². The maximum Gasteiger partial charge on any atom is 0.0610 e. The first-order valence-electron chi connectivity index (χ1n) is 4.48. The molecule has 0 aromatic heterocycles. The first kappa shape index (κ1) is 11.8. The van der Waals surface area contributed by atoms with Gasteiger partial charge in [0.1, 0.15) is 0 Å². The van der Waals surface area contributed by atoms with E-state index in [0.29, 0.717) is 6.04 Å². The third-order valence-electron chi connectivity index (χ3n) is 1.67. The Morgan fingerprint density at radius 3 is 2.50 bits per heavy atom. The molecule has 0 heterocycles. The van der Waals surface area contributed by atoms with E-state index in [1.165, 1.54) is 5.56 Å². The predicted octanol–water partition coefficient (Wildman–Crippen LogP) is 4.60. The molecular formula is C11H13Br2N. The van der Waals surface area contributed by atoms with Crippen LogP contribution < -0.4 is 5.32 Å². The quantitative estimate of drug-likeness (QED) is 0.859. The van der Waals surface area contributed by atoms with Gasteiger partial charge in [-0.3, -0.25) is 0 Å². The molecule has 0 aliphatic carbocycles. The Bertz CT molecular complexity index is 328. The Hall–Kier alpha value is -0.280. The fourth-order valence-electron chi connectivity index (χ4n) is 1.18. The van der Waals surface area contributed by atoms with Crippen molar-refractivity contribution in [2.75, 3.05) is 5.32 Å². The van der Waals surface area contributed by atoms with E-state index in [1.807, 2.05) is 18.2 Å². The maximum atomic E-state index is 3.39. The smallest absolute Gasteiger partial charge is 0.0610 e. The van der Waals surface area contributed by atoms with Gasteiger partial charge in [0.15, 0.2) is 0 Å². The van der Waals surface area contributed by atoms with Crippen molar-refractivity contribution in [2.24, 2.45) is 0 Å². The normalized spacial score (nSPS) is 10.1. The van der Waals surface area contributed by atoms with Crippen LogP contribution in [0.25, 0.3) is 6.08 Å². The molecule has 0 aliphatic rings. The zero-order valence-electron chi connectivity index (χ0n) is 8.22. The first-order valence-corrected chi connectivity index (χ1v) is 6.06. The standard InChI is InChI=1S/C11H13Br2N/c1-8(2)14-10-6-4-3-5-9(10)7-11(12)13/h3-8,14H,1-2H3. The third kappa shape index (κ3) is 3.84. The van der Waals surface area contributed by atoms with Crippen molar-refractivity contribution in [1.29, 1.82) is 0 Å². The minimum Gasteiger partial charge on any atom is -0.382 e. The molecule has 0 bridgehead atoms. The molecular weight excluding hydrogens is 306 g/mol. The van der Waals surface area contributed by atoms with E-state index in [-0.39, 0.29) is 0 Å². The average molecular weight is 319 g/mol. The largest absolute Gasteiger partial charge is 0.382 e. The van der Waals surface area contributed by atoms with Crippen LogP contribution in [0.5, 0.6) is 0 Å². The molecule has 0 unspecified atom stereocenters. The molecule has 3 heteroatoms. The molecule has 0 fully saturated rings. The molecule has 0 aliphatic heterocycles. The molecule has 0 amide bonds. The maximum absolute atomic E-state index is 3.39. The van der Waals surface area contributed by atoms with Crippen LogP contribution >= 0.6 is 31.9 Å². The van der Waals surface area contributed by atoms with E-state index < -0.39 is 0 Å². The molecule has 1 aromatic rings. The van der Waals surface area contributed by atoms with Gasteiger partial charge in [-0.05, 0) is 63.4 Å². The number of rotatable bonds is 3. The van der Waals surface area contributed by atoms with Gasteiger partial charge in [-0.1, -0.05) is 18.2 Å². The van der Waals surface area contributed by atoms with Crippen LogP contribution in [0.1, 0.15) is 19.4 Å². The van der Waals surface area contributed by atoms with Crippen molar-refractivity contribution in [3.05, 3.63) is 33.2 Å². The summed E-state index contributed by atoms with van der Waals surface area (Å²) in [6.45, 7) is 4.26. The number of hydrogen-bond acceptors (Lipinski definition) is 1. The van der Waals surface area contributed by atoms with Gasteiger partial charge in [0.25, 0.3) is 0 Å². The summed E-state index contributed by atoms with van der Waals surface area (Å²) in [6, 6.07) is 8.66. The predicted molar refractivity (Wildman–Crippen MR) is 71.0 cm³/mol. The second kappa shape index (κ2) is 5.56. The van der Waals surface area contributed by atoms with Crippen LogP contribution in [-0.4, -0.2) is 6.04 Å². The highest BCUT2D eigenvalue weighted by molar-refractivity contribution is 9.28. The summed E-state index contributed by atoms with van der Waals surface area (Å²) in [5.41, 5.74) is 2.32. The summed E-state index contributed by atoms with van der Waals surface area (Å²) in [7, 11) is 0. The molecule has 1 aromatic carbocycles. The zero-order chi connectivity index (χ0) is 10.6. The highest BCUT2D eigenvalue weighted by Gasteiger charge is 2.00. The molecule has 1 rings (SSSR count). The molecule has 1 nitrogen and oxygen atoms in total. The summed E-state index contributed by atoms with van der Waals surface area (Å²) in [6.07, 6.45) is 2.03. The number of anilines is 1. The van der Waals surface area contributed by atoms with Crippen molar-refractivity contribution in [3.8, 4) is 0 Å². The first-order chi connectivity index (χ1) is 6.59. The van der Waals surface area contributed by atoms with Crippen molar-refractivity contribution < 1.29 is 0 Å². The van der Waals surface area contributed by atoms with Crippen molar-refractivity contribution in [1.82, 2.24) is 0 Å². The molecule has 0 atom stereocenters. The second-order valence-corrected chi connectivity index (χ2v) is 6.09. The van der Waals surface area contributed by atoms with E-state index in [4.69, 9.17) is 0 Å². The van der Waals surface area contributed by atoms with Crippen LogP contribution in [0.3, 0.4) is 0 Å². The van der Waals surface area contributed by atoms with Gasteiger partial charge in [0.2, 0.25) is 0 Å². The Balaban J connectivity index is 2.97. The van der Waals surface area contributed by atoms with Gasteiger partial charge < -0.3 is 5.32 Å². The summed E-state index contributed by atoms with van der Waals surface area (Å²) >= 11 is 6.72. The van der Waals surface area contributed by atoms with Crippen molar-refractivity contribution in [3.63, 3.8) is 0 Å². The van der Waals surface area contributed by atoms with Gasteiger partial charge >= 0.3 is 0 Å². The highest BCUT2D eigenvalue weighted by atomic mass is 79.9. The number of para-hydroxylation sites is 1. The van der Waals surface area contributed by atoms with Crippen LogP contribution in [-0.2, 0) is 0 Å². The summed E-state index contributed by atoms with van der Waals surface area (Å²) in [4.78, 5) is 0. The van der Waals surface area contributed by atoms with E-state index in [2.05, 4.69) is 63.2 Å². The van der Waals surface area contributed by atoms with Gasteiger partial charge in [0.05, 0.1) is 3.39 Å². The summed E-state index contributed by atoms with van der Waals surface area (Å²) in [5.74, 6) is 0. The summed E-state index contributed by atoms with van der Waals surface area (Å²) < 4.78 is 0.947. The van der Waals surface area contributed by atoms with Crippen LogP contribution in [0, 0.1) is 0 Å².